The monoisotopic (exact) mass is 393 g/mol. The van der Waals surface area contributed by atoms with Crippen LogP contribution in [0.3, 0.4) is 0 Å². The van der Waals surface area contributed by atoms with Gasteiger partial charge >= 0.3 is 0 Å². The van der Waals surface area contributed by atoms with E-state index in [1.807, 2.05) is 0 Å². The number of nitrogens with zero attached hydrogens (tertiary/aromatic N) is 4. The molecule has 10 heteroatoms. The van der Waals surface area contributed by atoms with Crippen molar-refractivity contribution in [2.45, 2.75) is 48.7 Å². The summed E-state index contributed by atoms with van der Waals surface area (Å²) in [4.78, 5) is 16.0. The Morgan fingerprint density at radius 2 is 1.81 bits per heavy atom. The van der Waals surface area contributed by atoms with Crippen LogP contribution in [0.2, 0.25) is 0 Å². The highest BCUT2D eigenvalue weighted by Gasteiger charge is 2.44. The van der Waals surface area contributed by atoms with Crippen molar-refractivity contribution in [2.75, 3.05) is 6.54 Å². The Bertz CT molecular complexity index is 920. The number of hydrogen-bond donors (Lipinski definition) is 1. The van der Waals surface area contributed by atoms with Crippen molar-refractivity contribution in [1.29, 1.82) is 0 Å². The predicted octanol–water partition coefficient (Wildman–Crippen LogP) is 1.09. The average Bonchev–Trinajstić information content (AvgIpc) is 3.26. The molecular formula is C17H20FN5O3S. The first-order valence-corrected chi connectivity index (χ1v) is 10.3. The normalized spacial score (nSPS) is 24.9. The molecule has 2 atom stereocenters. The zero-order valence-corrected chi connectivity index (χ0v) is 15.3. The summed E-state index contributed by atoms with van der Waals surface area (Å²) in [6, 6.07) is 4.99. The van der Waals surface area contributed by atoms with Gasteiger partial charge in [-0.3, -0.25) is 4.79 Å². The molecule has 27 heavy (non-hydrogen) atoms. The molecule has 2 unspecified atom stereocenters. The van der Waals surface area contributed by atoms with Gasteiger partial charge in [0.05, 0.1) is 29.9 Å². The fourth-order valence-electron chi connectivity index (χ4n) is 4.12. The number of nitrogens with one attached hydrogen (secondary N) is 1. The third-order valence-corrected chi connectivity index (χ3v) is 6.68. The number of hydrogen-bond acceptors (Lipinski definition) is 5. The molecule has 2 bridgehead atoms. The minimum atomic E-state index is -3.94. The molecule has 1 aromatic heterocycles. The summed E-state index contributed by atoms with van der Waals surface area (Å²) in [6.07, 6.45) is 6.58. The van der Waals surface area contributed by atoms with Crippen LogP contribution in [0.15, 0.2) is 41.6 Å². The molecule has 1 N–H and O–H groups in total. The number of aromatic nitrogens is 3. The summed E-state index contributed by atoms with van der Waals surface area (Å²) < 4.78 is 40.1. The molecule has 2 aromatic rings. The number of halogens is 1. The van der Waals surface area contributed by atoms with Gasteiger partial charge in [0.25, 0.3) is 0 Å². The minimum absolute atomic E-state index is 0.0610. The first-order valence-electron chi connectivity index (χ1n) is 8.86. The molecule has 144 valence electrons. The quantitative estimate of drug-likeness (QED) is 0.820. The number of amides is 1. The maximum atomic E-state index is 13.3. The third kappa shape index (κ3) is 3.59. The second kappa shape index (κ2) is 7.01. The first kappa shape index (κ1) is 18.1. The second-order valence-corrected chi connectivity index (χ2v) is 8.71. The number of fused-ring (bicyclic) bond motifs is 2. The van der Waals surface area contributed by atoms with E-state index in [9.17, 15) is 17.6 Å². The van der Waals surface area contributed by atoms with Gasteiger partial charge in [-0.15, -0.1) is 0 Å². The van der Waals surface area contributed by atoms with Gasteiger partial charge in [0.2, 0.25) is 15.9 Å². The van der Waals surface area contributed by atoms with E-state index >= 15 is 0 Å². The fourth-order valence-corrected chi connectivity index (χ4v) is 5.13. The summed E-state index contributed by atoms with van der Waals surface area (Å²) in [6.45, 7) is -0.337. The highest BCUT2D eigenvalue weighted by atomic mass is 32.2. The van der Waals surface area contributed by atoms with Gasteiger partial charge in [0.1, 0.15) is 5.82 Å². The van der Waals surface area contributed by atoms with E-state index in [4.69, 9.17) is 0 Å². The Labute approximate surface area is 156 Å². The van der Waals surface area contributed by atoms with E-state index < -0.39 is 15.8 Å². The van der Waals surface area contributed by atoms with Gasteiger partial charge < -0.3 is 4.90 Å². The number of rotatable bonds is 5. The molecule has 2 aliphatic rings. The number of carbonyl (C=O) groups excluding carboxylic acids is 1. The Morgan fingerprint density at radius 3 is 2.44 bits per heavy atom. The van der Waals surface area contributed by atoms with Crippen LogP contribution in [-0.2, 0) is 14.8 Å². The summed E-state index contributed by atoms with van der Waals surface area (Å²) in [5.74, 6) is -0.897. The van der Waals surface area contributed by atoms with Crippen LogP contribution < -0.4 is 4.72 Å². The molecule has 1 amide bonds. The molecule has 4 rings (SSSR count). The Morgan fingerprint density at radius 1 is 1.15 bits per heavy atom. The molecule has 2 aliphatic heterocycles. The summed E-state index contributed by atoms with van der Waals surface area (Å²) in [7, 11) is -3.94. The SMILES string of the molecule is O=C(CNS(=O)(=O)c1cccc(F)c1)N1C2CCC1CC(n1nccn1)C2. The van der Waals surface area contributed by atoms with Gasteiger partial charge in [-0.05, 0) is 43.9 Å². The molecule has 8 nitrogen and oxygen atoms in total. The van der Waals surface area contributed by atoms with Gasteiger partial charge in [-0.2, -0.15) is 15.0 Å². The standard InChI is InChI=1S/C17H20FN5O3S/c18-12-2-1-3-16(8-12)27(25,26)21-11-17(24)22-13-4-5-14(22)10-15(9-13)23-19-6-7-20-23/h1-3,6-8,13-15,21H,4-5,9-11H2. The van der Waals surface area contributed by atoms with E-state index in [2.05, 4.69) is 14.9 Å². The minimum Gasteiger partial charge on any atom is -0.335 e. The Kier molecular flexibility index (Phi) is 4.68. The zero-order valence-electron chi connectivity index (χ0n) is 14.5. The van der Waals surface area contributed by atoms with Crippen molar-refractivity contribution >= 4 is 15.9 Å². The van der Waals surface area contributed by atoms with Crippen molar-refractivity contribution in [2.24, 2.45) is 0 Å². The molecule has 1 aromatic carbocycles. The lowest BCUT2D eigenvalue weighted by Crippen LogP contribution is -2.50. The van der Waals surface area contributed by atoms with E-state index in [1.54, 1.807) is 22.1 Å². The van der Waals surface area contributed by atoms with E-state index in [-0.39, 0.29) is 35.5 Å². The van der Waals surface area contributed by atoms with Crippen LogP contribution in [0.5, 0.6) is 0 Å². The van der Waals surface area contributed by atoms with Gasteiger partial charge in [0, 0.05) is 12.1 Å². The molecule has 2 fully saturated rings. The molecule has 0 radical (unpaired) electrons. The van der Waals surface area contributed by atoms with Crippen LogP contribution >= 0.6 is 0 Å². The average molecular weight is 393 g/mol. The van der Waals surface area contributed by atoms with Crippen molar-refractivity contribution in [1.82, 2.24) is 24.6 Å². The predicted molar refractivity (Wildman–Crippen MR) is 93.5 cm³/mol. The molecule has 0 saturated carbocycles. The number of benzene rings is 1. The molecule has 2 saturated heterocycles. The third-order valence-electron chi connectivity index (χ3n) is 5.28. The van der Waals surface area contributed by atoms with Gasteiger partial charge in [-0.1, -0.05) is 6.07 Å². The Hall–Kier alpha value is -2.33. The van der Waals surface area contributed by atoms with Crippen molar-refractivity contribution in [3.8, 4) is 0 Å². The van der Waals surface area contributed by atoms with Crippen LogP contribution in [0.4, 0.5) is 4.39 Å². The molecular weight excluding hydrogens is 373 g/mol. The summed E-state index contributed by atoms with van der Waals surface area (Å²) >= 11 is 0. The van der Waals surface area contributed by atoms with Crippen LogP contribution in [0.1, 0.15) is 31.7 Å². The lowest BCUT2D eigenvalue weighted by atomic mass is 9.97. The van der Waals surface area contributed by atoms with Crippen molar-refractivity contribution in [3.05, 3.63) is 42.5 Å². The van der Waals surface area contributed by atoms with E-state index in [1.165, 1.54) is 18.2 Å². The van der Waals surface area contributed by atoms with Gasteiger partial charge in [-0.25, -0.2) is 17.5 Å². The fraction of sp³-hybridized carbons (Fsp3) is 0.471. The summed E-state index contributed by atoms with van der Waals surface area (Å²) in [5, 5.41) is 8.39. The zero-order chi connectivity index (χ0) is 19.0. The summed E-state index contributed by atoms with van der Waals surface area (Å²) in [5.41, 5.74) is 0. The highest BCUT2D eigenvalue weighted by Crippen LogP contribution is 2.40. The lowest BCUT2D eigenvalue weighted by molar-refractivity contribution is -0.135. The number of carbonyl (C=O) groups is 1. The molecule has 3 heterocycles. The highest BCUT2D eigenvalue weighted by molar-refractivity contribution is 7.89. The van der Waals surface area contributed by atoms with Crippen LogP contribution in [-0.4, -0.2) is 52.8 Å². The number of sulfonamides is 1. The number of piperidine rings is 1. The van der Waals surface area contributed by atoms with E-state index in [0.29, 0.717) is 0 Å². The van der Waals surface area contributed by atoms with Crippen molar-refractivity contribution in [3.63, 3.8) is 0 Å². The second-order valence-electron chi connectivity index (χ2n) is 6.94. The maximum Gasteiger partial charge on any atom is 0.241 e. The Balaban J connectivity index is 1.41. The first-order chi connectivity index (χ1) is 12.9. The lowest BCUT2D eigenvalue weighted by Gasteiger charge is -2.38. The topological polar surface area (TPSA) is 97.2 Å². The van der Waals surface area contributed by atoms with Crippen LogP contribution in [0.25, 0.3) is 0 Å². The molecule has 0 spiro atoms. The van der Waals surface area contributed by atoms with Crippen LogP contribution in [0, 0.1) is 5.82 Å². The van der Waals surface area contributed by atoms with Crippen molar-refractivity contribution < 1.29 is 17.6 Å². The smallest absolute Gasteiger partial charge is 0.241 e. The maximum absolute atomic E-state index is 13.3. The van der Waals surface area contributed by atoms with Gasteiger partial charge in [0.15, 0.2) is 0 Å². The largest absolute Gasteiger partial charge is 0.335 e. The molecule has 0 aliphatic carbocycles. The van der Waals surface area contributed by atoms with E-state index in [0.717, 1.165) is 31.7 Å².